The average Bonchev–Trinajstić information content (AvgIpc) is 3.32. The topological polar surface area (TPSA) is 129 Å². The Balaban J connectivity index is 1.51. The summed E-state index contributed by atoms with van der Waals surface area (Å²) < 4.78 is 8.44. The minimum absolute atomic E-state index is 0.0684. The third-order valence-corrected chi connectivity index (χ3v) is 6.79. The molecule has 6 rings (SSSR count). The highest BCUT2D eigenvalue weighted by atomic mass is 16.5. The van der Waals surface area contributed by atoms with Gasteiger partial charge in [-0.05, 0) is 48.2 Å². The first-order valence-electron chi connectivity index (χ1n) is 12.6. The highest BCUT2D eigenvalue weighted by Gasteiger charge is 2.24. The second-order valence-corrected chi connectivity index (χ2v) is 9.27. The van der Waals surface area contributed by atoms with Gasteiger partial charge in [-0.2, -0.15) is 0 Å². The molecule has 0 aliphatic heterocycles. The van der Waals surface area contributed by atoms with Gasteiger partial charge >= 0.3 is 0 Å². The second kappa shape index (κ2) is 9.99. The van der Waals surface area contributed by atoms with Crippen LogP contribution in [0.25, 0.3) is 33.2 Å². The van der Waals surface area contributed by atoms with Gasteiger partial charge in [-0.1, -0.05) is 36.4 Å². The first-order chi connectivity index (χ1) is 19.5. The molecule has 198 valence electrons. The Hall–Kier alpha value is -5.51. The highest BCUT2D eigenvalue weighted by molar-refractivity contribution is 6.04. The molecule has 4 heterocycles. The molecule has 4 aromatic heterocycles. The number of anilines is 1. The Kier molecular flexibility index (Phi) is 6.19. The fourth-order valence-corrected chi connectivity index (χ4v) is 4.93. The molecule has 0 unspecified atom stereocenters. The number of ether oxygens (including phenoxy) is 1. The summed E-state index contributed by atoms with van der Waals surface area (Å²) in [5, 5.41) is 8.44. The lowest BCUT2D eigenvalue weighted by Crippen LogP contribution is -2.32. The van der Waals surface area contributed by atoms with E-state index in [2.05, 4.69) is 20.4 Å². The van der Waals surface area contributed by atoms with Gasteiger partial charge in [0.05, 0.1) is 24.7 Å². The van der Waals surface area contributed by atoms with Gasteiger partial charge in [0.1, 0.15) is 11.3 Å². The number of para-hydroxylation sites is 1. The van der Waals surface area contributed by atoms with Crippen LogP contribution in [0.15, 0.2) is 96.3 Å². The summed E-state index contributed by atoms with van der Waals surface area (Å²) in [6.45, 7) is 1.82. The zero-order chi connectivity index (χ0) is 27.8. The van der Waals surface area contributed by atoms with Crippen LogP contribution in [0.5, 0.6) is 5.75 Å². The zero-order valence-electron chi connectivity index (χ0n) is 21.8. The molecule has 0 saturated heterocycles. The minimum Gasteiger partial charge on any atom is -0.495 e. The number of nitrogens with one attached hydrogen (secondary N) is 1. The normalized spacial score (nSPS) is 11.9. The maximum atomic E-state index is 14.3. The SMILES string of the molecule is COc1cncc(-c2cccc3cc([C@H](C)NC(=O)c4c(N)nn5cccnc45)n(-c4ccccc4)c(=O)c23)c1. The maximum absolute atomic E-state index is 14.3. The number of hydrogen-bond donors (Lipinski definition) is 2. The largest absolute Gasteiger partial charge is 0.495 e. The van der Waals surface area contributed by atoms with Crippen molar-refractivity contribution in [1.82, 2.24) is 29.5 Å². The van der Waals surface area contributed by atoms with Crippen molar-refractivity contribution in [2.75, 3.05) is 12.8 Å². The fraction of sp³-hybridized carbons (Fsp3) is 0.100. The Morgan fingerprint density at radius 3 is 2.67 bits per heavy atom. The van der Waals surface area contributed by atoms with Crippen LogP contribution in [0.4, 0.5) is 5.82 Å². The number of methoxy groups -OCH3 is 1. The molecule has 10 heteroatoms. The number of fused-ring (bicyclic) bond motifs is 2. The summed E-state index contributed by atoms with van der Waals surface area (Å²) in [7, 11) is 1.57. The molecule has 6 aromatic rings. The molecule has 0 fully saturated rings. The molecule has 0 spiro atoms. The molecule has 1 atom stereocenters. The number of rotatable bonds is 6. The maximum Gasteiger partial charge on any atom is 0.263 e. The standard InChI is InChI=1S/C30H25N7O3/c1-18(34-29(38)26-27(31)35-36-13-7-12-33-28(26)36)24-15-19-8-6-11-23(20-14-22(40-2)17-32-16-20)25(19)30(39)37(24)21-9-4-3-5-10-21/h3-18H,1-2H3,(H2,31,35)(H,34,38)/t18-/m0/s1. The van der Waals surface area contributed by atoms with E-state index in [4.69, 9.17) is 10.5 Å². The van der Waals surface area contributed by atoms with E-state index in [1.165, 1.54) is 4.52 Å². The quantitative estimate of drug-likeness (QED) is 0.330. The Morgan fingerprint density at radius 2 is 1.88 bits per heavy atom. The van der Waals surface area contributed by atoms with Gasteiger partial charge in [-0.15, -0.1) is 5.10 Å². The van der Waals surface area contributed by atoms with Gasteiger partial charge in [0.25, 0.3) is 11.5 Å². The van der Waals surface area contributed by atoms with Crippen molar-refractivity contribution in [3.05, 3.63) is 113 Å². The molecular formula is C30H25N7O3. The van der Waals surface area contributed by atoms with Gasteiger partial charge in [0.2, 0.25) is 0 Å². The number of benzene rings is 2. The molecule has 0 radical (unpaired) electrons. The third-order valence-electron chi connectivity index (χ3n) is 6.79. The van der Waals surface area contributed by atoms with E-state index in [1.807, 2.05) is 67.6 Å². The van der Waals surface area contributed by atoms with Crippen molar-refractivity contribution in [3.63, 3.8) is 0 Å². The Morgan fingerprint density at radius 1 is 1.05 bits per heavy atom. The molecule has 1 amide bonds. The van der Waals surface area contributed by atoms with Crippen LogP contribution in [0.1, 0.15) is 29.0 Å². The molecule has 0 aliphatic rings. The Bertz CT molecular complexity index is 1950. The number of pyridine rings is 2. The minimum atomic E-state index is -0.579. The number of nitrogens with zero attached hydrogens (tertiary/aromatic N) is 5. The van der Waals surface area contributed by atoms with Crippen molar-refractivity contribution in [2.24, 2.45) is 0 Å². The van der Waals surface area contributed by atoms with Crippen LogP contribution in [-0.2, 0) is 0 Å². The van der Waals surface area contributed by atoms with E-state index in [-0.39, 0.29) is 16.9 Å². The fourth-order valence-electron chi connectivity index (χ4n) is 4.93. The predicted molar refractivity (Wildman–Crippen MR) is 153 cm³/mol. The number of nitrogen functional groups attached to an aromatic ring is 1. The second-order valence-electron chi connectivity index (χ2n) is 9.27. The molecule has 10 nitrogen and oxygen atoms in total. The van der Waals surface area contributed by atoms with Crippen molar-refractivity contribution in [3.8, 4) is 22.6 Å². The molecule has 0 bridgehead atoms. The molecule has 3 N–H and O–H groups in total. The van der Waals surface area contributed by atoms with Crippen LogP contribution in [0.2, 0.25) is 0 Å². The van der Waals surface area contributed by atoms with Crippen molar-refractivity contribution in [2.45, 2.75) is 13.0 Å². The summed E-state index contributed by atoms with van der Waals surface area (Å²) in [6, 6.07) is 19.9. The van der Waals surface area contributed by atoms with Gasteiger partial charge < -0.3 is 15.8 Å². The van der Waals surface area contributed by atoms with Crippen LogP contribution >= 0.6 is 0 Å². The van der Waals surface area contributed by atoms with E-state index in [0.29, 0.717) is 28.2 Å². The number of hydrogen-bond acceptors (Lipinski definition) is 7. The summed E-state index contributed by atoms with van der Waals surface area (Å²) >= 11 is 0. The average molecular weight is 532 g/mol. The molecular weight excluding hydrogens is 506 g/mol. The highest BCUT2D eigenvalue weighted by Crippen LogP contribution is 2.30. The lowest BCUT2D eigenvalue weighted by Gasteiger charge is -2.21. The van der Waals surface area contributed by atoms with E-state index in [0.717, 1.165) is 16.5 Å². The van der Waals surface area contributed by atoms with Gasteiger partial charge in [-0.25, -0.2) is 9.50 Å². The lowest BCUT2D eigenvalue weighted by atomic mass is 9.98. The van der Waals surface area contributed by atoms with Crippen LogP contribution in [0.3, 0.4) is 0 Å². The summed E-state index contributed by atoms with van der Waals surface area (Å²) in [5.41, 5.74) is 9.13. The van der Waals surface area contributed by atoms with Crippen LogP contribution < -0.4 is 21.3 Å². The monoisotopic (exact) mass is 531 g/mol. The van der Waals surface area contributed by atoms with Crippen molar-refractivity contribution < 1.29 is 9.53 Å². The van der Waals surface area contributed by atoms with Gasteiger partial charge in [0, 0.05) is 35.5 Å². The summed E-state index contributed by atoms with van der Waals surface area (Å²) in [4.78, 5) is 36.3. The van der Waals surface area contributed by atoms with Crippen LogP contribution in [-0.4, -0.2) is 37.2 Å². The van der Waals surface area contributed by atoms with Crippen LogP contribution in [0, 0.1) is 0 Å². The van der Waals surface area contributed by atoms with E-state index >= 15 is 0 Å². The smallest absolute Gasteiger partial charge is 0.263 e. The van der Waals surface area contributed by atoms with E-state index in [9.17, 15) is 9.59 Å². The molecule has 0 aliphatic carbocycles. The molecule has 0 saturated carbocycles. The molecule has 40 heavy (non-hydrogen) atoms. The van der Waals surface area contributed by atoms with E-state index < -0.39 is 11.9 Å². The lowest BCUT2D eigenvalue weighted by molar-refractivity contribution is 0.0941. The van der Waals surface area contributed by atoms with Gasteiger partial charge in [0.15, 0.2) is 11.5 Å². The first kappa shape index (κ1) is 24.8. The zero-order valence-corrected chi connectivity index (χ0v) is 21.8. The number of aromatic nitrogens is 5. The Labute approximate surface area is 228 Å². The number of amides is 1. The first-order valence-corrected chi connectivity index (χ1v) is 12.6. The predicted octanol–water partition coefficient (Wildman–Crippen LogP) is 4.18. The summed E-state index contributed by atoms with van der Waals surface area (Å²) in [5.74, 6) is 0.216. The van der Waals surface area contributed by atoms with Crippen molar-refractivity contribution in [1.29, 1.82) is 0 Å². The van der Waals surface area contributed by atoms with Crippen molar-refractivity contribution >= 4 is 28.1 Å². The molecule has 2 aromatic carbocycles. The van der Waals surface area contributed by atoms with E-state index in [1.54, 1.807) is 42.5 Å². The van der Waals surface area contributed by atoms with Gasteiger partial charge in [-0.3, -0.25) is 19.1 Å². The summed E-state index contributed by atoms with van der Waals surface area (Å²) in [6.07, 6.45) is 6.56. The number of carbonyl (C=O) groups is 1. The number of carbonyl (C=O) groups excluding carboxylic acids is 1. The number of nitrogens with two attached hydrogens (primary N) is 1. The third kappa shape index (κ3) is 4.21.